The lowest BCUT2D eigenvalue weighted by Gasteiger charge is -2.36. The van der Waals surface area contributed by atoms with E-state index in [0.717, 1.165) is 29.3 Å². The van der Waals surface area contributed by atoms with Crippen molar-refractivity contribution in [1.82, 2.24) is 14.9 Å². The van der Waals surface area contributed by atoms with Crippen molar-refractivity contribution in [3.05, 3.63) is 88.1 Å². The molecular formula is C25H27FN4O. The molecule has 5 nitrogen and oxygen atoms in total. The zero-order valence-corrected chi connectivity index (χ0v) is 18.2. The zero-order valence-electron chi connectivity index (χ0n) is 18.2. The van der Waals surface area contributed by atoms with Gasteiger partial charge in [0.05, 0.1) is 0 Å². The summed E-state index contributed by atoms with van der Waals surface area (Å²) >= 11 is 0. The largest absolute Gasteiger partial charge is 0.353 e. The summed E-state index contributed by atoms with van der Waals surface area (Å²) in [6.45, 7) is 8.53. The van der Waals surface area contributed by atoms with Crippen molar-refractivity contribution in [1.29, 1.82) is 0 Å². The standard InChI is InChI=1S/C25H27FN4O/c1-17-7-9-20(10-8-17)15-23-18(2)27-19(3)28-24(23)29-11-13-30(14-12-29)25(31)21-5-4-6-22(26)16-21/h4-10,16H,11-15H2,1-3H3. The van der Waals surface area contributed by atoms with Crippen LogP contribution in [0.4, 0.5) is 10.2 Å². The van der Waals surface area contributed by atoms with Gasteiger partial charge in [0.2, 0.25) is 0 Å². The molecule has 1 saturated heterocycles. The fraction of sp³-hybridized carbons (Fsp3) is 0.320. The monoisotopic (exact) mass is 418 g/mol. The molecule has 160 valence electrons. The highest BCUT2D eigenvalue weighted by Crippen LogP contribution is 2.25. The second-order valence-corrected chi connectivity index (χ2v) is 8.11. The summed E-state index contributed by atoms with van der Waals surface area (Å²) < 4.78 is 13.5. The third kappa shape index (κ3) is 4.74. The van der Waals surface area contributed by atoms with E-state index in [1.165, 1.54) is 23.3 Å². The Morgan fingerprint density at radius 2 is 1.68 bits per heavy atom. The van der Waals surface area contributed by atoms with Gasteiger partial charge in [-0.15, -0.1) is 0 Å². The Labute approximate surface area is 182 Å². The normalized spacial score (nSPS) is 14.1. The SMILES string of the molecule is Cc1ccc(Cc2c(C)nc(C)nc2N2CCN(C(=O)c3cccc(F)c3)CC2)cc1. The van der Waals surface area contributed by atoms with Crippen LogP contribution in [0.3, 0.4) is 0 Å². The lowest BCUT2D eigenvalue weighted by atomic mass is 10.0. The number of halogens is 1. The van der Waals surface area contributed by atoms with E-state index in [1.807, 2.05) is 13.8 Å². The van der Waals surface area contributed by atoms with Crippen LogP contribution in [0.15, 0.2) is 48.5 Å². The van der Waals surface area contributed by atoms with Gasteiger partial charge in [-0.05, 0) is 44.5 Å². The average Bonchev–Trinajstić information content (AvgIpc) is 2.76. The minimum atomic E-state index is -0.392. The van der Waals surface area contributed by atoms with Gasteiger partial charge in [0.15, 0.2) is 0 Å². The number of rotatable bonds is 4. The highest BCUT2D eigenvalue weighted by atomic mass is 19.1. The van der Waals surface area contributed by atoms with Gasteiger partial charge < -0.3 is 9.80 Å². The number of aryl methyl sites for hydroxylation is 3. The minimum Gasteiger partial charge on any atom is -0.353 e. The Hall–Kier alpha value is -3.28. The molecule has 1 aromatic heterocycles. The van der Waals surface area contributed by atoms with Gasteiger partial charge >= 0.3 is 0 Å². The number of benzene rings is 2. The van der Waals surface area contributed by atoms with Crippen LogP contribution in [0.2, 0.25) is 0 Å². The third-order valence-corrected chi connectivity index (χ3v) is 5.74. The molecule has 4 rings (SSSR count). The van der Waals surface area contributed by atoms with E-state index in [1.54, 1.807) is 17.0 Å². The molecule has 0 atom stereocenters. The molecule has 1 aliphatic rings. The quantitative estimate of drug-likeness (QED) is 0.640. The van der Waals surface area contributed by atoms with Crippen LogP contribution in [-0.2, 0) is 6.42 Å². The van der Waals surface area contributed by atoms with Crippen LogP contribution < -0.4 is 4.90 Å². The lowest BCUT2D eigenvalue weighted by Crippen LogP contribution is -2.49. The predicted octanol–water partition coefficient (Wildman–Crippen LogP) is 4.09. The number of hydrogen-bond acceptors (Lipinski definition) is 4. The fourth-order valence-electron chi connectivity index (χ4n) is 4.02. The number of nitrogens with zero attached hydrogens (tertiary/aromatic N) is 4. The summed E-state index contributed by atoms with van der Waals surface area (Å²) in [4.78, 5) is 26.1. The predicted molar refractivity (Wildman–Crippen MR) is 120 cm³/mol. The Bertz CT molecular complexity index is 1090. The lowest BCUT2D eigenvalue weighted by molar-refractivity contribution is 0.0746. The summed E-state index contributed by atoms with van der Waals surface area (Å²) in [5.41, 5.74) is 4.96. The molecule has 0 aliphatic carbocycles. The van der Waals surface area contributed by atoms with Gasteiger partial charge in [-0.25, -0.2) is 14.4 Å². The smallest absolute Gasteiger partial charge is 0.254 e. The maximum absolute atomic E-state index is 13.5. The van der Waals surface area contributed by atoms with Crippen molar-refractivity contribution >= 4 is 11.7 Å². The number of piperazine rings is 1. The number of hydrogen-bond donors (Lipinski definition) is 0. The van der Waals surface area contributed by atoms with E-state index < -0.39 is 5.82 Å². The summed E-state index contributed by atoms with van der Waals surface area (Å²) in [5.74, 6) is 1.17. The van der Waals surface area contributed by atoms with E-state index in [9.17, 15) is 9.18 Å². The molecule has 0 unspecified atom stereocenters. The van der Waals surface area contributed by atoms with Crippen LogP contribution >= 0.6 is 0 Å². The van der Waals surface area contributed by atoms with Crippen molar-refractivity contribution in [2.75, 3.05) is 31.1 Å². The highest BCUT2D eigenvalue weighted by Gasteiger charge is 2.25. The molecule has 1 fully saturated rings. The van der Waals surface area contributed by atoms with Gasteiger partial charge in [-0.2, -0.15) is 0 Å². The number of amides is 1. The number of carbonyl (C=O) groups excluding carboxylic acids is 1. The molecule has 0 saturated carbocycles. The van der Waals surface area contributed by atoms with Crippen molar-refractivity contribution in [3.8, 4) is 0 Å². The molecule has 1 amide bonds. The molecule has 2 aromatic carbocycles. The Morgan fingerprint density at radius 1 is 0.968 bits per heavy atom. The van der Waals surface area contributed by atoms with E-state index in [2.05, 4.69) is 41.1 Å². The molecule has 0 radical (unpaired) electrons. The molecular weight excluding hydrogens is 391 g/mol. The van der Waals surface area contributed by atoms with Crippen LogP contribution in [0, 0.1) is 26.6 Å². The molecule has 2 heterocycles. The summed E-state index contributed by atoms with van der Waals surface area (Å²) in [6.07, 6.45) is 0.768. The van der Waals surface area contributed by atoms with Crippen LogP contribution in [-0.4, -0.2) is 47.0 Å². The maximum atomic E-state index is 13.5. The zero-order chi connectivity index (χ0) is 22.0. The van der Waals surface area contributed by atoms with Crippen molar-refractivity contribution in [3.63, 3.8) is 0 Å². The molecule has 6 heteroatoms. The Balaban J connectivity index is 1.52. The second kappa shape index (κ2) is 8.84. The van der Waals surface area contributed by atoms with Crippen LogP contribution in [0.25, 0.3) is 0 Å². The Kier molecular flexibility index (Phi) is 5.98. The van der Waals surface area contributed by atoms with Gasteiger partial charge in [0.25, 0.3) is 5.91 Å². The van der Waals surface area contributed by atoms with Crippen molar-refractivity contribution < 1.29 is 9.18 Å². The molecule has 3 aromatic rings. The topological polar surface area (TPSA) is 49.3 Å². The maximum Gasteiger partial charge on any atom is 0.254 e. The first kappa shape index (κ1) is 21.0. The van der Waals surface area contributed by atoms with E-state index in [0.29, 0.717) is 31.7 Å². The first-order chi connectivity index (χ1) is 14.9. The second-order valence-electron chi connectivity index (χ2n) is 8.11. The van der Waals surface area contributed by atoms with Crippen molar-refractivity contribution in [2.45, 2.75) is 27.2 Å². The number of aromatic nitrogens is 2. The van der Waals surface area contributed by atoms with Crippen molar-refractivity contribution in [2.24, 2.45) is 0 Å². The minimum absolute atomic E-state index is 0.130. The van der Waals surface area contributed by atoms with E-state index in [4.69, 9.17) is 4.98 Å². The summed E-state index contributed by atoms with van der Waals surface area (Å²) in [7, 11) is 0. The van der Waals surface area contributed by atoms with E-state index >= 15 is 0 Å². The average molecular weight is 419 g/mol. The van der Waals surface area contributed by atoms with Gasteiger partial charge in [0.1, 0.15) is 17.5 Å². The van der Waals surface area contributed by atoms with Crippen LogP contribution in [0.1, 0.15) is 38.6 Å². The first-order valence-corrected chi connectivity index (χ1v) is 10.6. The van der Waals surface area contributed by atoms with Gasteiger partial charge in [-0.1, -0.05) is 35.9 Å². The molecule has 0 N–H and O–H groups in total. The number of carbonyl (C=O) groups is 1. The highest BCUT2D eigenvalue weighted by molar-refractivity contribution is 5.94. The van der Waals surface area contributed by atoms with Crippen LogP contribution in [0.5, 0.6) is 0 Å². The molecule has 0 bridgehead atoms. The molecule has 1 aliphatic heterocycles. The number of anilines is 1. The summed E-state index contributed by atoms with van der Waals surface area (Å²) in [5, 5.41) is 0. The van der Waals surface area contributed by atoms with Gasteiger partial charge in [-0.3, -0.25) is 4.79 Å². The summed E-state index contributed by atoms with van der Waals surface area (Å²) in [6, 6.07) is 14.4. The molecule has 31 heavy (non-hydrogen) atoms. The molecule has 0 spiro atoms. The first-order valence-electron chi connectivity index (χ1n) is 10.6. The van der Waals surface area contributed by atoms with E-state index in [-0.39, 0.29) is 5.91 Å². The van der Waals surface area contributed by atoms with Gasteiger partial charge in [0, 0.05) is 49.4 Å². The third-order valence-electron chi connectivity index (χ3n) is 5.74. The Morgan fingerprint density at radius 3 is 2.35 bits per heavy atom. The fourth-order valence-corrected chi connectivity index (χ4v) is 4.02.